The number of rotatable bonds is 12. The van der Waals surface area contributed by atoms with Crippen molar-refractivity contribution in [2.45, 2.75) is 58.7 Å². The molecule has 1 N–H and O–H groups in total. The highest BCUT2D eigenvalue weighted by Crippen LogP contribution is 2.17. The molecule has 0 bridgehead atoms. The molecule has 0 aromatic heterocycles. The second-order valence-electron chi connectivity index (χ2n) is 8.96. The molecule has 2 amide bonds. The van der Waals surface area contributed by atoms with E-state index in [-0.39, 0.29) is 36.8 Å². The van der Waals surface area contributed by atoms with Crippen LogP contribution in [-0.2, 0) is 29.0 Å². The second-order valence-corrected chi connectivity index (χ2v) is 8.96. The van der Waals surface area contributed by atoms with Gasteiger partial charge in [-0.25, -0.2) is 4.39 Å². The minimum absolute atomic E-state index is 0.0353. The molecule has 0 spiro atoms. The summed E-state index contributed by atoms with van der Waals surface area (Å²) in [6, 6.07) is 22.4. The Morgan fingerprint density at radius 3 is 2.14 bits per heavy atom. The van der Waals surface area contributed by atoms with Crippen LogP contribution >= 0.6 is 0 Å². The van der Waals surface area contributed by atoms with Gasteiger partial charge in [-0.15, -0.1) is 0 Å². The Kier molecular flexibility index (Phi) is 10.0. The summed E-state index contributed by atoms with van der Waals surface area (Å²) in [6.45, 7) is 5.95. The molecule has 190 valence electrons. The fourth-order valence-corrected chi connectivity index (χ4v) is 3.83. The first kappa shape index (κ1) is 26.9. The molecule has 0 aliphatic rings. The van der Waals surface area contributed by atoms with E-state index in [4.69, 9.17) is 4.74 Å². The van der Waals surface area contributed by atoms with E-state index in [2.05, 4.69) is 12.2 Å². The maximum Gasteiger partial charge on any atom is 0.261 e. The number of nitrogens with one attached hydrogen (secondary N) is 1. The average Bonchev–Trinajstić information content (AvgIpc) is 2.91. The largest absolute Gasteiger partial charge is 0.484 e. The number of hydrogen-bond acceptors (Lipinski definition) is 3. The van der Waals surface area contributed by atoms with Crippen LogP contribution in [0.5, 0.6) is 5.75 Å². The number of carbonyl (C=O) groups is 2. The number of benzene rings is 3. The van der Waals surface area contributed by atoms with Crippen molar-refractivity contribution in [3.05, 3.63) is 101 Å². The first-order valence-electron chi connectivity index (χ1n) is 12.5. The van der Waals surface area contributed by atoms with Crippen molar-refractivity contribution in [3.8, 4) is 5.75 Å². The van der Waals surface area contributed by atoms with Gasteiger partial charge in [0.1, 0.15) is 17.6 Å². The van der Waals surface area contributed by atoms with Crippen LogP contribution in [0, 0.1) is 5.82 Å². The van der Waals surface area contributed by atoms with Crippen LogP contribution in [0.4, 0.5) is 4.39 Å². The van der Waals surface area contributed by atoms with Crippen molar-refractivity contribution in [1.82, 2.24) is 10.2 Å². The van der Waals surface area contributed by atoms with Crippen molar-refractivity contribution >= 4 is 11.8 Å². The molecule has 5 nitrogen and oxygen atoms in total. The minimum atomic E-state index is -0.759. The summed E-state index contributed by atoms with van der Waals surface area (Å²) in [5, 5.41) is 3.03. The summed E-state index contributed by atoms with van der Waals surface area (Å²) in [7, 11) is 0. The first-order chi connectivity index (χ1) is 17.4. The summed E-state index contributed by atoms with van der Waals surface area (Å²) >= 11 is 0. The van der Waals surface area contributed by atoms with Crippen molar-refractivity contribution in [1.29, 1.82) is 0 Å². The quantitative estimate of drug-likeness (QED) is 0.374. The van der Waals surface area contributed by atoms with Crippen molar-refractivity contribution in [3.63, 3.8) is 0 Å². The van der Waals surface area contributed by atoms with Gasteiger partial charge in [0.05, 0.1) is 0 Å². The third-order valence-corrected chi connectivity index (χ3v) is 6.23. The lowest BCUT2D eigenvalue weighted by Gasteiger charge is -2.32. The number of ether oxygens (including phenoxy) is 1. The summed E-state index contributed by atoms with van der Waals surface area (Å²) in [5.41, 5.74) is 2.84. The van der Waals surface area contributed by atoms with Gasteiger partial charge in [0.25, 0.3) is 5.91 Å². The van der Waals surface area contributed by atoms with E-state index < -0.39 is 6.04 Å². The number of aryl methyl sites for hydroxylation is 1. The molecular weight excluding hydrogens is 455 g/mol. The maximum absolute atomic E-state index is 13.5. The first-order valence-corrected chi connectivity index (χ1v) is 12.5. The van der Waals surface area contributed by atoms with Gasteiger partial charge in [0.2, 0.25) is 5.91 Å². The molecule has 0 radical (unpaired) electrons. The number of hydrogen-bond donors (Lipinski definition) is 1. The molecule has 3 aromatic carbocycles. The van der Waals surface area contributed by atoms with Crippen LogP contribution < -0.4 is 10.1 Å². The monoisotopic (exact) mass is 490 g/mol. The number of halogens is 1. The zero-order chi connectivity index (χ0) is 25.9. The standard InChI is InChI=1S/C30H35FN2O3/c1-4-22(3)32-30(35)28(19-24-9-7-6-8-10-24)33(20-25-11-15-26(31)16-12-25)29(34)21-36-27-17-13-23(5-2)14-18-27/h6-18,22,28H,4-5,19-21H2,1-3H3,(H,32,35)/t22-,28+/m0/s1. The second kappa shape index (κ2) is 13.4. The van der Waals surface area contributed by atoms with Crippen molar-refractivity contribution < 1.29 is 18.7 Å². The van der Waals surface area contributed by atoms with Gasteiger partial charge < -0.3 is 15.0 Å². The average molecular weight is 491 g/mol. The Bertz CT molecular complexity index is 1100. The van der Waals surface area contributed by atoms with Gasteiger partial charge in [0.15, 0.2) is 6.61 Å². The van der Waals surface area contributed by atoms with E-state index in [1.165, 1.54) is 17.7 Å². The molecule has 0 heterocycles. The molecule has 0 unspecified atom stereocenters. The molecule has 36 heavy (non-hydrogen) atoms. The van der Waals surface area contributed by atoms with Gasteiger partial charge in [-0.3, -0.25) is 9.59 Å². The summed E-state index contributed by atoms with van der Waals surface area (Å²) in [5.74, 6) is -0.313. The van der Waals surface area contributed by atoms with E-state index in [9.17, 15) is 14.0 Å². The van der Waals surface area contributed by atoms with Gasteiger partial charge in [-0.2, -0.15) is 0 Å². The summed E-state index contributed by atoms with van der Waals surface area (Å²) in [4.78, 5) is 28.5. The number of nitrogens with zero attached hydrogens (tertiary/aromatic N) is 1. The van der Waals surface area contributed by atoms with E-state index in [1.54, 1.807) is 17.0 Å². The molecule has 6 heteroatoms. The highest BCUT2D eigenvalue weighted by molar-refractivity contribution is 5.88. The molecule has 0 saturated carbocycles. The Hall–Kier alpha value is -3.67. The zero-order valence-electron chi connectivity index (χ0n) is 21.2. The SMILES string of the molecule is CCc1ccc(OCC(=O)N(Cc2ccc(F)cc2)[C@H](Cc2ccccc2)C(=O)N[C@@H](C)CC)cc1. The Balaban J connectivity index is 1.88. The van der Waals surface area contributed by atoms with Gasteiger partial charge in [-0.05, 0) is 60.7 Å². The molecule has 0 aliphatic carbocycles. The minimum Gasteiger partial charge on any atom is -0.484 e. The Morgan fingerprint density at radius 2 is 1.53 bits per heavy atom. The fourth-order valence-electron chi connectivity index (χ4n) is 3.83. The normalized spacial score (nSPS) is 12.4. The van der Waals surface area contributed by atoms with Gasteiger partial charge in [0, 0.05) is 19.0 Å². The van der Waals surface area contributed by atoms with E-state index in [1.807, 2.05) is 68.4 Å². The van der Waals surface area contributed by atoms with Crippen LogP contribution in [0.1, 0.15) is 43.9 Å². The zero-order valence-corrected chi connectivity index (χ0v) is 21.2. The molecule has 0 saturated heterocycles. The lowest BCUT2D eigenvalue weighted by Crippen LogP contribution is -2.53. The molecule has 3 aromatic rings. The predicted molar refractivity (Wildman–Crippen MR) is 140 cm³/mol. The Morgan fingerprint density at radius 1 is 0.889 bits per heavy atom. The lowest BCUT2D eigenvalue weighted by molar-refractivity contribution is -0.143. The van der Waals surface area contributed by atoms with Crippen LogP contribution in [0.3, 0.4) is 0 Å². The predicted octanol–water partition coefficient (Wildman–Crippen LogP) is 5.32. The third-order valence-electron chi connectivity index (χ3n) is 6.23. The topological polar surface area (TPSA) is 58.6 Å². The van der Waals surface area contributed by atoms with Gasteiger partial charge >= 0.3 is 0 Å². The molecular formula is C30H35FN2O3. The van der Waals surface area contributed by atoms with Crippen LogP contribution in [-0.4, -0.2) is 35.4 Å². The fraction of sp³-hybridized carbons (Fsp3) is 0.333. The molecule has 3 rings (SSSR count). The lowest BCUT2D eigenvalue weighted by atomic mass is 10.0. The number of amides is 2. The van der Waals surface area contributed by atoms with Crippen LogP contribution in [0.15, 0.2) is 78.9 Å². The van der Waals surface area contributed by atoms with Crippen molar-refractivity contribution in [2.75, 3.05) is 6.61 Å². The van der Waals surface area contributed by atoms with Crippen molar-refractivity contribution in [2.24, 2.45) is 0 Å². The molecule has 2 atom stereocenters. The van der Waals surface area contributed by atoms with Crippen LogP contribution in [0.2, 0.25) is 0 Å². The van der Waals surface area contributed by atoms with Crippen LogP contribution in [0.25, 0.3) is 0 Å². The van der Waals surface area contributed by atoms with E-state index >= 15 is 0 Å². The van der Waals surface area contributed by atoms with E-state index in [0.717, 1.165) is 24.0 Å². The third kappa shape index (κ3) is 7.94. The smallest absolute Gasteiger partial charge is 0.261 e. The Labute approximate surface area is 213 Å². The number of carbonyl (C=O) groups excluding carboxylic acids is 2. The molecule has 0 aliphatic heterocycles. The van der Waals surface area contributed by atoms with E-state index in [0.29, 0.717) is 12.2 Å². The highest BCUT2D eigenvalue weighted by atomic mass is 19.1. The van der Waals surface area contributed by atoms with Gasteiger partial charge in [-0.1, -0.05) is 68.4 Å². The highest BCUT2D eigenvalue weighted by Gasteiger charge is 2.31. The maximum atomic E-state index is 13.5. The summed E-state index contributed by atoms with van der Waals surface area (Å²) in [6.07, 6.45) is 2.03. The molecule has 0 fully saturated rings. The summed E-state index contributed by atoms with van der Waals surface area (Å²) < 4.78 is 19.3.